The van der Waals surface area contributed by atoms with E-state index in [2.05, 4.69) is 44.7 Å². The molecule has 0 amide bonds. The molecule has 2 unspecified atom stereocenters. The minimum atomic E-state index is 0.111. The average molecular weight is 278 g/mol. The first kappa shape index (κ1) is 17.0. The molecule has 0 aliphatic carbocycles. The summed E-state index contributed by atoms with van der Waals surface area (Å²) in [7, 11) is 1.73. The van der Waals surface area contributed by atoms with Crippen molar-refractivity contribution in [2.45, 2.75) is 58.7 Å². The van der Waals surface area contributed by atoms with Crippen LogP contribution in [-0.4, -0.2) is 30.6 Å². The van der Waals surface area contributed by atoms with Gasteiger partial charge in [-0.3, -0.25) is 4.90 Å². The Morgan fingerprint density at radius 1 is 1.20 bits per heavy atom. The quantitative estimate of drug-likeness (QED) is 0.789. The van der Waals surface area contributed by atoms with Crippen LogP contribution in [0.2, 0.25) is 0 Å². The lowest BCUT2D eigenvalue weighted by atomic mass is 9.94. The van der Waals surface area contributed by atoms with Crippen molar-refractivity contribution in [1.82, 2.24) is 4.90 Å². The number of hydrogen-bond acceptors (Lipinski definition) is 3. The van der Waals surface area contributed by atoms with Gasteiger partial charge in [-0.1, -0.05) is 32.0 Å². The van der Waals surface area contributed by atoms with E-state index in [1.54, 1.807) is 7.11 Å². The molecule has 2 N–H and O–H groups in total. The Bertz CT molecular complexity index is 392. The summed E-state index contributed by atoms with van der Waals surface area (Å²) in [5, 5.41) is 0. The smallest absolute Gasteiger partial charge is 0.123 e. The number of nitrogens with zero attached hydrogens (tertiary/aromatic N) is 1. The number of nitrogens with two attached hydrogens (primary N) is 1. The van der Waals surface area contributed by atoms with Crippen LogP contribution in [0.3, 0.4) is 0 Å². The SMILES string of the molecule is CCCN(C(C)C)C(c1ccccc1OC)C(N)CC. The van der Waals surface area contributed by atoms with Gasteiger partial charge in [0.25, 0.3) is 0 Å². The Kier molecular flexibility index (Phi) is 7.03. The largest absolute Gasteiger partial charge is 0.496 e. The molecule has 0 bridgehead atoms. The van der Waals surface area contributed by atoms with Gasteiger partial charge in [-0.15, -0.1) is 0 Å². The monoisotopic (exact) mass is 278 g/mol. The second kappa shape index (κ2) is 8.28. The number of ether oxygens (including phenoxy) is 1. The summed E-state index contributed by atoms with van der Waals surface area (Å²) >= 11 is 0. The summed E-state index contributed by atoms with van der Waals surface area (Å²) in [6, 6.07) is 9.02. The number of benzene rings is 1. The maximum atomic E-state index is 6.44. The lowest BCUT2D eigenvalue weighted by Crippen LogP contribution is -2.44. The maximum absolute atomic E-state index is 6.44. The molecule has 0 saturated heterocycles. The molecule has 0 aliphatic heterocycles. The lowest BCUT2D eigenvalue weighted by molar-refractivity contribution is 0.128. The Hall–Kier alpha value is -1.06. The molecule has 0 aliphatic rings. The highest BCUT2D eigenvalue weighted by atomic mass is 16.5. The van der Waals surface area contributed by atoms with Gasteiger partial charge < -0.3 is 10.5 Å². The van der Waals surface area contributed by atoms with Crippen molar-refractivity contribution in [1.29, 1.82) is 0 Å². The topological polar surface area (TPSA) is 38.5 Å². The summed E-state index contributed by atoms with van der Waals surface area (Å²) in [6.07, 6.45) is 2.08. The normalized spacial score (nSPS) is 14.6. The van der Waals surface area contributed by atoms with E-state index in [9.17, 15) is 0 Å². The minimum absolute atomic E-state index is 0.111. The fourth-order valence-electron chi connectivity index (χ4n) is 2.77. The molecule has 0 fully saturated rings. The molecule has 3 heteroatoms. The van der Waals surface area contributed by atoms with Gasteiger partial charge in [0, 0.05) is 17.6 Å². The molecule has 1 rings (SSSR count). The number of para-hydroxylation sites is 1. The first-order chi connectivity index (χ1) is 9.56. The van der Waals surface area contributed by atoms with Crippen LogP contribution in [0.4, 0.5) is 0 Å². The van der Waals surface area contributed by atoms with Crippen LogP contribution in [0.5, 0.6) is 5.75 Å². The molecule has 1 aromatic rings. The van der Waals surface area contributed by atoms with Crippen LogP contribution in [0.25, 0.3) is 0 Å². The van der Waals surface area contributed by atoms with Crippen molar-refractivity contribution < 1.29 is 4.74 Å². The summed E-state index contributed by atoms with van der Waals surface area (Å²) < 4.78 is 5.55. The number of rotatable bonds is 8. The first-order valence-electron chi connectivity index (χ1n) is 7.70. The van der Waals surface area contributed by atoms with Crippen LogP contribution >= 0.6 is 0 Å². The van der Waals surface area contributed by atoms with Crippen LogP contribution in [0, 0.1) is 0 Å². The number of hydrogen-bond donors (Lipinski definition) is 1. The predicted molar refractivity (Wildman–Crippen MR) is 86.1 cm³/mol. The highest BCUT2D eigenvalue weighted by Crippen LogP contribution is 2.33. The number of methoxy groups -OCH3 is 1. The zero-order chi connectivity index (χ0) is 15.1. The van der Waals surface area contributed by atoms with Gasteiger partial charge in [-0.25, -0.2) is 0 Å². The molecule has 0 heterocycles. The van der Waals surface area contributed by atoms with Crippen molar-refractivity contribution in [2.75, 3.05) is 13.7 Å². The van der Waals surface area contributed by atoms with Crippen LogP contribution in [-0.2, 0) is 0 Å². The van der Waals surface area contributed by atoms with Crippen molar-refractivity contribution in [3.8, 4) is 5.75 Å². The molecule has 2 atom stereocenters. The van der Waals surface area contributed by atoms with Gasteiger partial charge in [0.05, 0.1) is 13.2 Å². The van der Waals surface area contributed by atoms with Crippen molar-refractivity contribution in [3.63, 3.8) is 0 Å². The summed E-state index contributed by atoms with van der Waals surface area (Å²) in [5.74, 6) is 0.933. The molecule has 1 aromatic carbocycles. The fourth-order valence-corrected chi connectivity index (χ4v) is 2.77. The Morgan fingerprint density at radius 3 is 2.35 bits per heavy atom. The van der Waals surface area contributed by atoms with Crippen molar-refractivity contribution >= 4 is 0 Å². The summed E-state index contributed by atoms with van der Waals surface area (Å²) in [5.41, 5.74) is 7.65. The van der Waals surface area contributed by atoms with E-state index in [4.69, 9.17) is 10.5 Å². The molecule has 20 heavy (non-hydrogen) atoms. The maximum Gasteiger partial charge on any atom is 0.123 e. The van der Waals surface area contributed by atoms with E-state index in [0.29, 0.717) is 6.04 Å². The third kappa shape index (κ3) is 3.97. The summed E-state index contributed by atoms with van der Waals surface area (Å²) in [6.45, 7) is 9.89. The third-order valence-corrected chi connectivity index (χ3v) is 3.84. The standard InChI is InChI=1S/C17H30N2O/c1-6-12-19(13(3)4)17(15(18)7-2)14-10-8-9-11-16(14)20-5/h8-11,13,15,17H,6-7,12,18H2,1-5H3. The van der Waals surface area contributed by atoms with Crippen molar-refractivity contribution in [3.05, 3.63) is 29.8 Å². The van der Waals surface area contributed by atoms with Crippen LogP contribution < -0.4 is 10.5 Å². The first-order valence-corrected chi connectivity index (χ1v) is 7.70. The van der Waals surface area contributed by atoms with Crippen molar-refractivity contribution in [2.24, 2.45) is 5.73 Å². The van der Waals surface area contributed by atoms with Gasteiger partial charge in [0.15, 0.2) is 0 Å². The van der Waals surface area contributed by atoms with E-state index in [1.165, 1.54) is 5.56 Å². The molecule has 0 saturated carbocycles. The van der Waals surface area contributed by atoms with E-state index < -0.39 is 0 Å². The van der Waals surface area contributed by atoms with Gasteiger partial charge in [-0.05, 0) is 39.3 Å². The zero-order valence-corrected chi connectivity index (χ0v) is 13.6. The zero-order valence-electron chi connectivity index (χ0n) is 13.6. The second-order valence-electron chi connectivity index (χ2n) is 5.59. The van der Waals surface area contributed by atoms with E-state index in [0.717, 1.165) is 25.1 Å². The molecule has 0 spiro atoms. The fraction of sp³-hybridized carbons (Fsp3) is 0.647. The molecule has 114 valence electrons. The van der Waals surface area contributed by atoms with E-state index >= 15 is 0 Å². The Labute approximate surface area is 124 Å². The van der Waals surface area contributed by atoms with Crippen LogP contribution in [0.1, 0.15) is 52.1 Å². The molecule has 0 radical (unpaired) electrons. The van der Waals surface area contributed by atoms with Gasteiger partial charge >= 0.3 is 0 Å². The average Bonchev–Trinajstić information content (AvgIpc) is 2.46. The lowest BCUT2D eigenvalue weighted by Gasteiger charge is -2.39. The predicted octanol–water partition coefficient (Wildman–Crippen LogP) is 3.59. The van der Waals surface area contributed by atoms with E-state index in [1.807, 2.05) is 12.1 Å². The molecule has 0 aromatic heterocycles. The Balaban J connectivity index is 3.23. The van der Waals surface area contributed by atoms with Gasteiger partial charge in [-0.2, -0.15) is 0 Å². The molecular weight excluding hydrogens is 248 g/mol. The van der Waals surface area contributed by atoms with Gasteiger partial charge in [0.1, 0.15) is 5.75 Å². The minimum Gasteiger partial charge on any atom is -0.496 e. The van der Waals surface area contributed by atoms with Gasteiger partial charge in [0.2, 0.25) is 0 Å². The van der Waals surface area contributed by atoms with E-state index in [-0.39, 0.29) is 12.1 Å². The Morgan fingerprint density at radius 2 is 1.85 bits per heavy atom. The summed E-state index contributed by atoms with van der Waals surface area (Å²) in [4.78, 5) is 2.49. The molecule has 3 nitrogen and oxygen atoms in total. The van der Waals surface area contributed by atoms with Crippen LogP contribution in [0.15, 0.2) is 24.3 Å². The second-order valence-corrected chi connectivity index (χ2v) is 5.59. The molecular formula is C17H30N2O. The highest BCUT2D eigenvalue weighted by Gasteiger charge is 2.29. The third-order valence-electron chi connectivity index (χ3n) is 3.84. The highest BCUT2D eigenvalue weighted by molar-refractivity contribution is 5.37.